The summed E-state index contributed by atoms with van der Waals surface area (Å²) < 4.78 is 31.8. The molecule has 0 fully saturated rings. The number of benzene rings is 4. The number of hydrogen-bond donors (Lipinski definition) is 6. The number of nitrogen functional groups attached to an aromatic ring is 1. The number of fused-ring (bicyclic) bond motifs is 8. The van der Waals surface area contributed by atoms with Gasteiger partial charge in [0.25, 0.3) is 0 Å². The van der Waals surface area contributed by atoms with Crippen LogP contribution in [0, 0.1) is 6.92 Å². The van der Waals surface area contributed by atoms with Crippen LogP contribution in [0.1, 0.15) is 28.3 Å². The largest absolute Gasteiger partial charge is 0.494 e. The number of aryl methyl sites for hydroxylation is 1. The van der Waals surface area contributed by atoms with Crippen molar-refractivity contribution < 1.29 is 23.7 Å². The average molecular weight is 1400 g/mol. The molecule has 0 bridgehead atoms. The number of nitrogens with one attached hydrogen (secondary N) is 5. The summed E-state index contributed by atoms with van der Waals surface area (Å²) in [6.07, 6.45) is 23.6. The first-order valence-electron chi connectivity index (χ1n) is 32.2. The first-order chi connectivity index (χ1) is 48.4. The number of rotatable bonds is 19. The van der Waals surface area contributed by atoms with Crippen LogP contribution in [0.3, 0.4) is 0 Å². The molecule has 4 aliphatic heterocycles. The standard InChI is InChI=1S/C20H26N6O2Si.2C14H12N6O.C14H23N3OSi.C6H4ClN3/c1-27-18-10-17-14(11-24-26(17)13-28-7-8-29(2,3)4)9-16(18)25-20-19-15(5-6-21-19)22-12-23-20;2*1-21-12-5-10-8(6-18-20-10)4-11(12)19-14-13-9(2-3-15-13)16-7-17-14;1-11-7-14-12(8-13(11)15)9-16-17(14)10-18-5-6-19(2,3)4;7-6-5-4(1-2-8-5)9-3-10-6/h6,9-12H,5,7-8,13H2,1-4H3,(H,22,23,25);2*3-7H,2H2,1H3,(H,18,20)(H,16,17,19);7-9H,5-6,10,15H2,1-4H3;2-3H,1H2. The Balaban J connectivity index is 0.000000122. The molecule has 0 saturated heterocycles. The number of hydrogen-bond acceptors (Lipinski definition) is 25. The van der Waals surface area contributed by atoms with Gasteiger partial charge in [-0.2, -0.15) is 20.4 Å². The molecule has 4 aromatic carbocycles. The number of anilines is 7. The number of ether oxygens (including phenoxy) is 5. The molecule has 0 amide bonds. The van der Waals surface area contributed by atoms with E-state index in [4.69, 9.17) is 41.0 Å². The first-order valence-corrected chi connectivity index (χ1v) is 40.0. The normalized spacial score (nSPS) is 12.8. The Morgan fingerprint density at radius 2 is 0.850 bits per heavy atom. The van der Waals surface area contributed by atoms with Crippen LogP contribution in [0.2, 0.25) is 56.5 Å². The Hall–Kier alpha value is -11.0. The van der Waals surface area contributed by atoms with Gasteiger partial charge in [-0.05, 0) is 54.9 Å². The molecule has 12 aromatic rings. The van der Waals surface area contributed by atoms with Gasteiger partial charge >= 0.3 is 0 Å². The second kappa shape index (κ2) is 30.8. The van der Waals surface area contributed by atoms with E-state index >= 15 is 0 Å². The number of halogens is 1. The Labute approximate surface area is 582 Å². The molecule has 7 N–H and O–H groups in total. The lowest BCUT2D eigenvalue weighted by Crippen LogP contribution is -2.22. The quantitative estimate of drug-likeness (QED) is 0.0189. The molecule has 29 nitrogen and oxygen atoms in total. The Morgan fingerprint density at radius 1 is 0.470 bits per heavy atom. The van der Waals surface area contributed by atoms with Crippen molar-refractivity contribution in [2.75, 3.05) is 56.2 Å². The van der Waals surface area contributed by atoms with Crippen molar-refractivity contribution in [3.63, 3.8) is 0 Å². The molecule has 32 heteroatoms. The second-order valence-electron chi connectivity index (χ2n) is 25.8. The van der Waals surface area contributed by atoms with Crippen LogP contribution in [-0.2, 0) is 48.6 Å². The summed E-state index contributed by atoms with van der Waals surface area (Å²) in [5.41, 5.74) is 20.9. The number of aromatic amines is 2. The maximum absolute atomic E-state index is 5.90. The van der Waals surface area contributed by atoms with Gasteiger partial charge in [-0.25, -0.2) is 49.2 Å². The van der Waals surface area contributed by atoms with E-state index in [2.05, 4.69) is 152 Å². The molecule has 0 unspecified atom stereocenters. The van der Waals surface area contributed by atoms with E-state index in [1.807, 2.05) is 89.8 Å². The third-order valence-electron chi connectivity index (χ3n) is 16.3. The van der Waals surface area contributed by atoms with Crippen molar-refractivity contribution in [1.82, 2.24) is 79.8 Å². The minimum Gasteiger partial charge on any atom is -0.494 e. The van der Waals surface area contributed by atoms with Crippen molar-refractivity contribution in [2.24, 2.45) is 20.0 Å². The Bertz CT molecular complexity index is 4890. The van der Waals surface area contributed by atoms with E-state index in [9.17, 15) is 0 Å². The average Bonchev–Trinajstić information content (AvgIpc) is 1.61. The van der Waals surface area contributed by atoms with E-state index < -0.39 is 16.1 Å². The summed E-state index contributed by atoms with van der Waals surface area (Å²) in [4.78, 5) is 50.5. The molecule has 0 saturated carbocycles. The molecule has 0 aliphatic carbocycles. The van der Waals surface area contributed by atoms with E-state index in [0.29, 0.717) is 53.3 Å². The number of aromatic nitrogens is 16. The van der Waals surface area contributed by atoms with Gasteiger partial charge in [0.2, 0.25) is 0 Å². The zero-order valence-electron chi connectivity index (χ0n) is 57.2. The third-order valence-corrected chi connectivity index (χ3v) is 19.9. The highest BCUT2D eigenvalue weighted by molar-refractivity contribution is 6.76. The molecule has 8 aromatic heterocycles. The summed E-state index contributed by atoms with van der Waals surface area (Å²) in [5.74, 6) is 4.14. The fourth-order valence-electron chi connectivity index (χ4n) is 10.7. The monoisotopic (exact) mass is 1400 g/mol. The summed E-state index contributed by atoms with van der Waals surface area (Å²) in [7, 11) is 2.79. The van der Waals surface area contributed by atoms with Gasteiger partial charge in [-0.1, -0.05) is 50.9 Å². The lowest BCUT2D eigenvalue weighted by atomic mass is 10.1. The van der Waals surface area contributed by atoms with Crippen LogP contribution in [0.5, 0.6) is 17.2 Å². The first kappa shape index (κ1) is 68.9. The number of methoxy groups -OCH3 is 3. The van der Waals surface area contributed by atoms with Gasteiger partial charge in [0.05, 0.1) is 108 Å². The zero-order valence-corrected chi connectivity index (χ0v) is 59.9. The van der Waals surface area contributed by atoms with E-state index in [0.717, 1.165) is 162 Å². The number of aliphatic imine (C=N–C) groups is 4. The van der Waals surface area contributed by atoms with Crippen molar-refractivity contribution in [3.05, 3.63) is 132 Å². The minimum absolute atomic E-state index is 0.429. The van der Waals surface area contributed by atoms with Crippen molar-refractivity contribution >= 4 is 159 Å². The molecule has 12 heterocycles. The van der Waals surface area contributed by atoms with Gasteiger partial charge in [-0.15, -0.1) is 0 Å². The van der Waals surface area contributed by atoms with E-state index in [-0.39, 0.29) is 0 Å². The van der Waals surface area contributed by atoms with Crippen LogP contribution in [-0.4, -0.2) is 155 Å². The van der Waals surface area contributed by atoms with Crippen LogP contribution in [0.4, 0.5) is 63.0 Å². The number of nitrogens with zero attached hydrogens (tertiary/aromatic N) is 18. The third kappa shape index (κ3) is 16.6. The summed E-state index contributed by atoms with van der Waals surface area (Å²) in [5, 5.41) is 37.1. The maximum Gasteiger partial charge on any atom is 0.160 e. The van der Waals surface area contributed by atoms with Crippen LogP contribution >= 0.6 is 11.6 Å². The topological polar surface area (TPSA) is 354 Å². The molecule has 0 spiro atoms. The predicted molar refractivity (Wildman–Crippen MR) is 399 cm³/mol. The highest BCUT2D eigenvalue weighted by atomic mass is 35.5. The van der Waals surface area contributed by atoms with E-state index in [1.54, 1.807) is 58.9 Å². The summed E-state index contributed by atoms with van der Waals surface area (Å²) >= 11 is 5.70. The highest BCUT2D eigenvalue weighted by Crippen LogP contribution is 2.40. The Kier molecular flexibility index (Phi) is 21.2. The molecule has 100 heavy (non-hydrogen) atoms. The van der Waals surface area contributed by atoms with Gasteiger partial charge in [-0.3, -0.25) is 30.2 Å². The smallest absolute Gasteiger partial charge is 0.160 e. The van der Waals surface area contributed by atoms with Gasteiger partial charge in [0.15, 0.2) is 22.6 Å². The van der Waals surface area contributed by atoms with Crippen LogP contribution in [0.25, 0.3) is 43.6 Å². The lowest BCUT2D eigenvalue weighted by Gasteiger charge is -2.16. The SMILES string of the molecule is COc1cc2[nH]ncc2cc1Nc1ncnc2c1N=CC2.COc1cc2[nH]ncc2cc1Nc1ncnc2c1N=CC2.COc1cc2c(cnn2COCC[Si](C)(C)C)cc1Nc1ncnc2c1N=CC2.Cc1cc2c(cnn2COCC[Si](C)(C)C)cc1N.Clc1ncnc2c1N=CC2. The molecular weight excluding hydrogens is 1320 g/mol. The Morgan fingerprint density at radius 3 is 1.27 bits per heavy atom. The summed E-state index contributed by atoms with van der Waals surface area (Å²) in [6, 6.07) is 18.0. The van der Waals surface area contributed by atoms with Crippen molar-refractivity contribution in [1.29, 1.82) is 0 Å². The van der Waals surface area contributed by atoms with Crippen LogP contribution < -0.4 is 35.9 Å². The molecule has 514 valence electrons. The lowest BCUT2D eigenvalue weighted by molar-refractivity contribution is 0.0816. The van der Waals surface area contributed by atoms with Gasteiger partial charge in [0, 0.05) is 125 Å². The van der Waals surface area contributed by atoms with E-state index in [1.165, 1.54) is 12.4 Å². The van der Waals surface area contributed by atoms with Crippen molar-refractivity contribution in [3.8, 4) is 17.2 Å². The predicted octanol–water partition coefficient (Wildman–Crippen LogP) is 13.5. The molecule has 0 atom stereocenters. The molecular formula is C68H77ClN24O5Si2. The minimum atomic E-state index is -1.10. The van der Waals surface area contributed by atoms with Gasteiger partial charge < -0.3 is 45.4 Å². The van der Waals surface area contributed by atoms with Crippen molar-refractivity contribution in [2.45, 2.75) is 97.4 Å². The molecule has 4 aliphatic rings. The fraction of sp³-hybridized carbons (Fsp3) is 0.294. The highest BCUT2D eigenvalue weighted by Gasteiger charge is 2.22. The van der Waals surface area contributed by atoms with Crippen LogP contribution in [0.15, 0.2) is 119 Å². The number of H-pyrrole nitrogens is 2. The summed E-state index contributed by atoms with van der Waals surface area (Å²) in [6.45, 7) is 18.6. The number of nitrogens with two attached hydrogens (primary N) is 1. The van der Waals surface area contributed by atoms with Gasteiger partial charge in [0.1, 0.15) is 78.8 Å². The second-order valence-corrected chi connectivity index (χ2v) is 37.4. The maximum atomic E-state index is 5.90. The zero-order chi connectivity index (χ0) is 69.9. The molecule has 16 rings (SSSR count). The molecule has 0 radical (unpaired) electrons. The fourth-order valence-corrected chi connectivity index (χ4v) is 12.4.